The van der Waals surface area contributed by atoms with Crippen molar-refractivity contribution >= 4 is 16.8 Å². The van der Waals surface area contributed by atoms with Crippen LogP contribution in [0.3, 0.4) is 0 Å². The second-order valence-electron chi connectivity index (χ2n) is 6.85. The van der Waals surface area contributed by atoms with Gasteiger partial charge in [-0.15, -0.1) is 0 Å². The van der Waals surface area contributed by atoms with Gasteiger partial charge in [-0.3, -0.25) is 9.59 Å². The quantitative estimate of drug-likeness (QED) is 0.886. The second kappa shape index (κ2) is 7.37. The van der Waals surface area contributed by atoms with Crippen LogP contribution in [0, 0.1) is 5.41 Å². The molecule has 0 radical (unpaired) electrons. The molecule has 2 heterocycles. The second-order valence-corrected chi connectivity index (χ2v) is 6.85. The molecule has 2 aromatic rings. The highest BCUT2D eigenvalue weighted by Crippen LogP contribution is 2.30. The van der Waals surface area contributed by atoms with Gasteiger partial charge >= 0.3 is 0 Å². The molecule has 1 aromatic carbocycles. The Balaban J connectivity index is 1.76. The Hall–Kier alpha value is -2.18. The summed E-state index contributed by atoms with van der Waals surface area (Å²) in [5.41, 5.74) is 0.419. The van der Waals surface area contributed by atoms with Gasteiger partial charge in [0, 0.05) is 49.9 Å². The van der Waals surface area contributed by atoms with Crippen LogP contribution in [-0.4, -0.2) is 53.9 Å². The van der Waals surface area contributed by atoms with Gasteiger partial charge in [-0.1, -0.05) is 12.1 Å². The number of aromatic nitrogens is 1. The standard InChI is InChI=1S/C19H24N2O4/c1-20(13-19(14-22)7-10-25-11-8-19)18(24)12-21-9-6-17(23)15-4-2-3-5-16(15)21/h2-6,9,22H,7-8,10-14H2,1H3. The SMILES string of the molecule is CN(CC1(CO)CCOCC1)C(=O)Cn1ccc(=O)c2ccccc21. The number of hydrogen-bond acceptors (Lipinski definition) is 4. The number of benzene rings is 1. The van der Waals surface area contributed by atoms with E-state index in [1.807, 2.05) is 18.2 Å². The molecule has 6 heteroatoms. The van der Waals surface area contributed by atoms with Gasteiger partial charge in [0.15, 0.2) is 5.43 Å². The van der Waals surface area contributed by atoms with E-state index in [2.05, 4.69) is 0 Å². The maximum atomic E-state index is 12.7. The van der Waals surface area contributed by atoms with Gasteiger partial charge in [0.2, 0.25) is 5.91 Å². The molecular weight excluding hydrogens is 320 g/mol. The highest BCUT2D eigenvalue weighted by atomic mass is 16.5. The number of aliphatic hydroxyl groups is 1. The van der Waals surface area contributed by atoms with Crippen molar-refractivity contribution in [1.29, 1.82) is 0 Å². The van der Waals surface area contributed by atoms with E-state index >= 15 is 0 Å². The van der Waals surface area contributed by atoms with Crippen molar-refractivity contribution < 1.29 is 14.6 Å². The molecule has 1 aliphatic rings. The molecule has 0 spiro atoms. The predicted octanol–water partition coefficient (Wildman–Crippen LogP) is 1.25. The lowest BCUT2D eigenvalue weighted by Gasteiger charge is -2.38. The number of carbonyl (C=O) groups excluding carboxylic acids is 1. The Bertz CT molecular complexity index is 808. The van der Waals surface area contributed by atoms with E-state index in [9.17, 15) is 14.7 Å². The molecule has 1 aromatic heterocycles. The number of aliphatic hydroxyl groups excluding tert-OH is 1. The predicted molar refractivity (Wildman–Crippen MR) is 95.4 cm³/mol. The van der Waals surface area contributed by atoms with Crippen LogP contribution < -0.4 is 5.43 Å². The van der Waals surface area contributed by atoms with Crippen LogP contribution in [0.25, 0.3) is 10.9 Å². The van der Waals surface area contributed by atoms with Crippen LogP contribution in [-0.2, 0) is 16.1 Å². The molecule has 6 nitrogen and oxygen atoms in total. The monoisotopic (exact) mass is 344 g/mol. The number of likely N-dealkylation sites (N-methyl/N-ethyl adjacent to an activating group) is 1. The average molecular weight is 344 g/mol. The first-order valence-electron chi connectivity index (χ1n) is 8.55. The van der Waals surface area contributed by atoms with Crippen molar-refractivity contribution in [1.82, 2.24) is 9.47 Å². The molecular formula is C19H24N2O4. The number of amides is 1. The fraction of sp³-hybridized carbons (Fsp3) is 0.474. The lowest BCUT2D eigenvalue weighted by Crippen LogP contribution is -2.45. The molecule has 1 fully saturated rings. The summed E-state index contributed by atoms with van der Waals surface area (Å²) in [7, 11) is 1.76. The highest BCUT2D eigenvalue weighted by Gasteiger charge is 2.34. The van der Waals surface area contributed by atoms with Gasteiger partial charge in [0.1, 0.15) is 6.54 Å². The minimum Gasteiger partial charge on any atom is -0.396 e. The number of hydrogen-bond donors (Lipinski definition) is 1. The van der Waals surface area contributed by atoms with Gasteiger partial charge in [-0.2, -0.15) is 0 Å². The van der Waals surface area contributed by atoms with E-state index in [0.717, 1.165) is 18.4 Å². The van der Waals surface area contributed by atoms with Crippen LogP contribution in [0.4, 0.5) is 0 Å². The summed E-state index contributed by atoms with van der Waals surface area (Å²) in [5.74, 6) is -0.0480. The number of pyridine rings is 1. The van der Waals surface area contributed by atoms with Gasteiger partial charge in [-0.05, 0) is 25.0 Å². The van der Waals surface area contributed by atoms with Crippen LogP contribution in [0.2, 0.25) is 0 Å². The van der Waals surface area contributed by atoms with E-state index in [1.54, 1.807) is 28.8 Å². The van der Waals surface area contributed by atoms with Crippen molar-refractivity contribution in [2.75, 3.05) is 33.4 Å². The van der Waals surface area contributed by atoms with Crippen LogP contribution >= 0.6 is 0 Å². The third kappa shape index (κ3) is 3.75. The fourth-order valence-electron chi connectivity index (χ4n) is 3.43. The molecule has 0 bridgehead atoms. The summed E-state index contributed by atoms with van der Waals surface area (Å²) in [6.07, 6.45) is 3.16. The molecule has 0 unspecified atom stereocenters. The van der Waals surface area contributed by atoms with Crippen LogP contribution in [0.5, 0.6) is 0 Å². The van der Waals surface area contributed by atoms with Gasteiger partial charge < -0.3 is 19.3 Å². The normalized spacial score (nSPS) is 16.7. The Morgan fingerprint density at radius 3 is 2.72 bits per heavy atom. The molecule has 0 saturated carbocycles. The lowest BCUT2D eigenvalue weighted by molar-refractivity contribution is -0.133. The Morgan fingerprint density at radius 2 is 2.00 bits per heavy atom. The van der Waals surface area contributed by atoms with E-state index < -0.39 is 0 Å². The maximum absolute atomic E-state index is 12.7. The smallest absolute Gasteiger partial charge is 0.242 e. The van der Waals surface area contributed by atoms with Gasteiger partial charge in [0.05, 0.1) is 12.1 Å². The summed E-state index contributed by atoms with van der Waals surface area (Å²) in [5, 5.41) is 10.4. The van der Waals surface area contributed by atoms with E-state index in [-0.39, 0.29) is 29.9 Å². The third-order valence-electron chi connectivity index (χ3n) is 5.08. The fourth-order valence-corrected chi connectivity index (χ4v) is 3.43. The molecule has 134 valence electrons. The van der Waals surface area contributed by atoms with Crippen molar-refractivity contribution in [2.45, 2.75) is 19.4 Å². The molecule has 0 atom stereocenters. The zero-order valence-electron chi connectivity index (χ0n) is 14.5. The van der Waals surface area contributed by atoms with E-state index in [4.69, 9.17) is 4.74 Å². The average Bonchev–Trinajstić information content (AvgIpc) is 2.65. The largest absolute Gasteiger partial charge is 0.396 e. The number of fused-ring (bicyclic) bond motifs is 1. The summed E-state index contributed by atoms with van der Waals surface area (Å²) in [6, 6.07) is 8.78. The van der Waals surface area contributed by atoms with E-state index in [1.165, 1.54) is 6.07 Å². The zero-order chi connectivity index (χ0) is 17.9. The first kappa shape index (κ1) is 17.6. The molecule has 1 amide bonds. The van der Waals surface area contributed by atoms with Gasteiger partial charge in [0.25, 0.3) is 0 Å². The molecule has 25 heavy (non-hydrogen) atoms. The van der Waals surface area contributed by atoms with E-state index in [0.29, 0.717) is 25.1 Å². The third-order valence-corrected chi connectivity index (χ3v) is 5.08. The summed E-state index contributed by atoms with van der Waals surface area (Å²) >= 11 is 0. The number of para-hydroxylation sites is 1. The number of ether oxygens (including phenoxy) is 1. The molecule has 0 aliphatic carbocycles. The van der Waals surface area contributed by atoms with Gasteiger partial charge in [-0.25, -0.2) is 0 Å². The molecule has 1 saturated heterocycles. The number of nitrogens with zero attached hydrogens (tertiary/aromatic N) is 2. The summed E-state index contributed by atoms with van der Waals surface area (Å²) < 4.78 is 7.17. The van der Waals surface area contributed by atoms with Crippen molar-refractivity contribution in [3.05, 3.63) is 46.8 Å². The highest BCUT2D eigenvalue weighted by molar-refractivity contribution is 5.82. The number of rotatable bonds is 5. The molecule has 3 rings (SSSR count). The molecule has 1 aliphatic heterocycles. The van der Waals surface area contributed by atoms with Crippen molar-refractivity contribution in [3.63, 3.8) is 0 Å². The summed E-state index contributed by atoms with van der Waals surface area (Å²) in [4.78, 5) is 26.3. The maximum Gasteiger partial charge on any atom is 0.242 e. The summed E-state index contributed by atoms with van der Waals surface area (Å²) in [6.45, 7) is 1.95. The van der Waals surface area contributed by atoms with Crippen LogP contribution in [0.15, 0.2) is 41.3 Å². The Morgan fingerprint density at radius 1 is 1.28 bits per heavy atom. The Kier molecular flexibility index (Phi) is 5.20. The first-order chi connectivity index (χ1) is 12.0. The minimum atomic E-state index is -0.283. The zero-order valence-corrected chi connectivity index (χ0v) is 14.5. The Labute approximate surface area is 146 Å². The number of carbonyl (C=O) groups is 1. The first-order valence-corrected chi connectivity index (χ1v) is 8.55. The topological polar surface area (TPSA) is 71.8 Å². The lowest BCUT2D eigenvalue weighted by atomic mass is 9.80. The van der Waals surface area contributed by atoms with Crippen molar-refractivity contribution in [2.24, 2.45) is 5.41 Å². The van der Waals surface area contributed by atoms with Crippen molar-refractivity contribution in [3.8, 4) is 0 Å². The molecule has 1 N–H and O–H groups in total. The van der Waals surface area contributed by atoms with Crippen LogP contribution in [0.1, 0.15) is 12.8 Å². The minimum absolute atomic E-state index is 0.0471.